The summed E-state index contributed by atoms with van der Waals surface area (Å²) in [5.74, 6) is -0.422. The van der Waals surface area contributed by atoms with Crippen molar-refractivity contribution in [1.82, 2.24) is 0 Å². The highest BCUT2D eigenvalue weighted by molar-refractivity contribution is 5.91. The molecule has 1 rings (SSSR count). The van der Waals surface area contributed by atoms with Crippen LogP contribution in [0.25, 0.3) is 0 Å². The van der Waals surface area contributed by atoms with Gasteiger partial charge in [0.25, 0.3) is 0 Å². The van der Waals surface area contributed by atoms with Crippen LogP contribution < -0.4 is 5.73 Å². The molecule has 2 heteroatoms. The van der Waals surface area contributed by atoms with Gasteiger partial charge in [0.05, 0.1) is 0 Å². The first-order valence-electron chi connectivity index (χ1n) is 4.96. The van der Waals surface area contributed by atoms with Crippen molar-refractivity contribution in [2.24, 2.45) is 5.73 Å². The summed E-state index contributed by atoms with van der Waals surface area (Å²) in [6.07, 6.45) is 0.549. The Morgan fingerprint density at radius 3 is 2.13 bits per heavy atom. The lowest BCUT2D eigenvalue weighted by Crippen LogP contribution is -2.15. The Bertz CT molecular complexity index is 396. The summed E-state index contributed by atoms with van der Waals surface area (Å²) in [6, 6.07) is 4.22. The Labute approximate surface area is 90.8 Å². The standard InChI is InChI=1S/C13H17NO/c1-8-5-9(2)12(10(3)6-8)7-11(4)13(14)15/h5-6H,4,7H2,1-3H3,(H2,14,15). The van der Waals surface area contributed by atoms with Crippen molar-refractivity contribution in [2.75, 3.05) is 0 Å². The number of hydrogen-bond donors (Lipinski definition) is 1. The van der Waals surface area contributed by atoms with E-state index in [0.717, 1.165) is 5.56 Å². The number of hydrogen-bond acceptors (Lipinski definition) is 1. The zero-order valence-electron chi connectivity index (χ0n) is 9.55. The number of rotatable bonds is 3. The summed E-state index contributed by atoms with van der Waals surface area (Å²) < 4.78 is 0. The third-order valence-corrected chi connectivity index (χ3v) is 2.58. The predicted molar refractivity (Wildman–Crippen MR) is 62.7 cm³/mol. The van der Waals surface area contributed by atoms with E-state index in [4.69, 9.17) is 5.73 Å². The van der Waals surface area contributed by atoms with Crippen LogP contribution in [-0.4, -0.2) is 5.91 Å². The molecule has 0 aliphatic rings. The van der Waals surface area contributed by atoms with E-state index in [2.05, 4.69) is 25.6 Å². The third-order valence-electron chi connectivity index (χ3n) is 2.58. The Balaban J connectivity index is 3.05. The van der Waals surface area contributed by atoms with Gasteiger partial charge in [0.1, 0.15) is 0 Å². The zero-order chi connectivity index (χ0) is 11.6. The molecule has 1 amide bonds. The molecule has 0 aliphatic heterocycles. The van der Waals surface area contributed by atoms with Crippen molar-refractivity contribution in [3.05, 3.63) is 46.5 Å². The maximum atomic E-state index is 10.9. The topological polar surface area (TPSA) is 43.1 Å². The molecule has 0 fully saturated rings. The number of carbonyl (C=O) groups excluding carboxylic acids is 1. The Morgan fingerprint density at radius 2 is 1.73 bits per heavy atom. The molecular weight excluding hydrogens is 186 g/mol. The largest absolute Gasteiger partial charge is 0.366 e. The van der Waals surface area contributed by atoms with E-state index in [9.17, 15) is 4.79 Å². The molecule has 0 aromatic heterocycles. The molecule has 15 heavy (non-hydrogen) atoms. The predicted octanol–water partition coefficient (Wildman–Crippen LogP) is 2.20. The van der Waals surface area contributed by atoms with E-state index < -0.39 is 5.91 Å². The highest BCUT2D eigenvalue weighted by atomic mass is 16.1. The van der Waals surface area contributed by atoms with E-state index in [1.807, 2.05) is 13.8 Å². The summed E-state index contributed by atoms with van der Waals surface area (Å²) in [6.45, 7) is 9.83. The van der Waals surface area contributed by atoms with Crippen molar-refractivity contribution in [3.63, 3.8) is 0 Å². The lowest BCUT2D eigenvalue weighted by Gasteiger charge is -2.11. The fraction of sp³-hybridized carbons (Fsp3) is 0.308. The van der Waals surface area contributed by atoms with E-state index in [1.54, 1.807) is 0 Å². The molecule has 0 aliphatic carbocycles. The molecule has 1 aromatic rings. The van der Waals surface area contributed by atoms with Gasteiger partial charge in [0.2, 0.25) is 5.91 Å². The number of carbonyl (C=O) groups is 1. The van der Waals surface area contributed by atoms with Crippen LogP contribution in [0.1, 0.15) is 22.3 Å². The highest BCUT2D eigenvalue weighted by Gasteiger charge is 2.08. The van der Waals surface area contributed by atoms with Gasteiger partial charge in [-0.1, -0.05) is 24.3 Å². The Morgan fingerprint density at radius 1 is 1.27 bits per heavy atom. The van der Waals surface area contributed by atoms with Crippen LogP contribution in [0, 0.1) is 20.8 Å². The lowest BCUT2D eigenvalue weighted by atomic mass is 9.94. The second-order valence-electron chi connectivity index (χ2n) is 4.02. The smallest absolute Gasteiger partial charge is 0.244 e. The SMILES string of the molecule is C=C(Cc1c(C)cc(C)cc1C)C(N)=O. The first kappa shape index (κ1) is 11.5. The van der Waals surface area contributed by atoms with Crippen LogP contribution >= 0.6 is 0 Å². The molecule has 0 saturated carbocycles. The first-order valence-corrected chi connectivity index (χ1v) is 4.96. The molecule has 1 aromatic carbocycles. The minimum Gasteiger partial charge on any atom is -0.366 e. The number of primary amides is 1. The molecular formula is C13H17NO. The van der Waals surface area contributed by atoms with Gasteiger partial charge in [-0.3, -0.25) is 4.79 Å². The van der Waals surface area contributed by atoms with Gasteiger partial charge in [-0.2, -0.15) is 0 Å². The molecule has 0 atom stereocenters. The Hall–Kier alpha value is -1.57. The number of aryl methyl sites for hydroxylation is 3. The molecule has 2 N–H and O–H groups in total. The number of nitrogens with two attached hydrogens (primary N) is 1. The van der Waals surface area contributed by atoms with Crippen molar-refractivity contribution in [2.45, 2.75) is 27.2 Å². The van der Waals surface area contributed by atoms with Crippen LogP contribution in [-0.2, 0) is 11.2 Å². The molecule has 2 nitrogen and oxygen atoms in total. The third kappa shape index (κ3) is 2.69. The van der Waals surface area contributed by atoms with Gasteiger partial charge in [-0.25, -0.2) is 0 Å². The van der Waals surface area contributed by atoms with E-state index >= 15 is 0 Å². The average Bonchev–Trinajstić information content (AvgIpc) is 2.10. The molecule has 80 valence electrons. The fourth-order valence-corrected chi connectivity index (χ4v) is 1.79. The van der Waals surface area contributed by atoms with Crippen LogP contribution in [0.5, 0.6) is 0 Å². The summed E-state index contributed by atoms with van der Waals surface area (Å²) in [4.78, 5) is 10.9. The summed E-state index contributed by atoms with van der Waals surface area (Å²) in [7, 11) is 0. The average molecular weight is 203 g/mol. The van der Waals surface area contributed by atoms with E-state index in [-0.39, 0.29) is 0 Å². The number of benzene rings is 1. The van der Waals surface area contributed by atoms with Gasteiger partial charge in [-0.15, -0.1) is 0 Å². The quantitative estimate of drug-likeness (QED) is 0.752. The second kappa shape index (κ2) is 4.30. The molecule has 0 spiro atoms. The normalized spacial score (nSPS) is 10.1. The Kier molecular flexibility index (Phi) is 3.30. The van der Waals surface area contributed by atoms with Gasteiger partial charge in [-0.05, 0) is 37.5 Å². The molecule has 0 bridgehead atoms. The lowest BCUT2D eigenvalue weighted by molar-refractivity contribution is -0.114. The van der Waals surface area contributed by atoms with Gasteiger partial charge >= 0.3 is 0 Å². The maximum Gasteiger partial charge on any atom is 0.244 e. The first-order chi connectivity index (χ1) is 6.91. The van der Waals surface area contributed by atoms with Crippen LogP contribution in [0.3, 0.4) is 0 Å². The monoisotopic (exact) mass is 203 g/mol. The van der Waals surface area contributed by atoms with Gasteiger partial charge in [0.15, 0.2) is 0 Å². The fourth-order valence-electron chi connectivity index (χ4n) is 1.79. The minimum absolute atomic E-state index is 0.422. The van der Waals surface area contributed by atoms with Crippen molar-refractivity contribution < 1.29 is 4.79 Å². The summed E-state index contributed by atoms with van der Waals surface area (Å²) in [5.41, 5.74) is 10.4. The highest BCUT2D eigenvalue weighted by Crippen LogP contribution is 2.19. The van der Waals surface area contributed by atoms with Crippen molar-refractivity contribution >= 4 is 5.91 Å². The van der Waals surface area contributed by atoms with Crippen molar-refractivity contribution in [1.29, 1.82) is 0 Å². The van der Waals surface area contributed by atoms with Crippen molar-refractivity contribution in [3.8, 4) is 0 Å². The van der Waals surface area contributed by atoms with Crippen LogP contribution in [0.15, 0.2) is 24.3 Å². The molecule has 0 radical (unpaired) electrons. The zero-order valence-corrected chi connectivity index (χ0v) is 9.55. The minimum atomic E-state index is -0.422. The molecule has 0 saturated heterocycles. The van der Waals surface area contributed by atoms with Crippen LogP contribution in [0.4, 0.5) is 0 Å². The molecule has 0 unspecified atom stereocenters. The summed E-state index contributed by atoms with van der Waals surface area (Å²) in [5, 5.41) is 0. The van der Waals surface area contributed by atoms with E-state index in [1.165, 1.54) is 16.7 Å². The summed E-state index contributed by atoms with van der Waals surface area (Å²) >= 11 is 0. The maximum absolute atomic E-state index is 10.9. The second-order valence-corrected chi connectivity index (χ2v) is 4.02. The number of amides is 1. The molecule has 0 heterocycles. The van der Waals surface area contributed by atoms with E-state index in [0.29, 0.717) is 12.0 Å². The van der Waals surface area contributed by atoms with Gasteiger partial charge in [0, 0.05) is 12.0 Å². The van der Waals surface area contributed by atoms with Gasteiger partial charge < -0.3 is 5.73 Å². The van der Waals surface area contributed by atoms with Crippen LogP contribution in [0.2, 0.25) is 0 Å².